The molecule has 2 saturated heterocycles. The van der Waals surface area contributed by atoms with Crippen LogP contribution in [0, 0.1) is 0 Å². The average Bonchev–Trinajstić information content (AvgIpc) is 2.84. The first-order valence-electron chi connectivity index (χ1n) is 6.12. The van der Waals surface area contributed by atoms with Crippen LogP contribution in [0.5, 0.6) is 0 Å². The van der Waals surface area contributed by atoms with E-state index in [1.165, 1.54) is 37.0 Å². The fourth-order valence-corrected chi connectivity index (χ4v) is 9.41. The maximum Gasteiger partial charge on any atom is 0.0710 e. The molecule has 2 fully saturated rings. The highest BCUT2D eigenvalue weighted by Gasteiger charge is 2.47. The van der Waals surface area contributed by atoms with Gasteiger partial charge in [-0.05, 0) is 37.0 Å². The second-order valence-corrected chi connectivity index (χ2v) is 10.0. The van der Waals surface area contributed by atoms with Crippen LogP contribution < -0.4 is 0 Å². The summed E-state index contributed by atoms with van der Waals surface area (Å²) in [5.74, 6) is 0. The molecule has 1 heteroatoms. The molecule has 0 aromatic rings. The van der Waals surface area contributed by atoms with Gasteiger partial charge >= 0.3 is 0 Å². The van der Waals surface area contributed by atoms with Crippen LogP contribution in [0.3, 0.4) is 0 Å². The Balaban J connectivity index is 1.70. The second-order valence-electron chi connectivity index (χ2n) is 5.60. The predicted molar refractivity (Wildman–Crippen MR) is 66.5 cm³/mol. The standard InChI is InChI=1S/C14H16Si/c1-3-11-7-15(8-12(11)4-1)9-13-5-2-6-14(13)10-15/h3-6H,1-2,7-10H2. The molecule has 0 amide bonds. The lowest BCUT2D eigenvalue weighted by molar-refractivity contribution is 1.33. The van der Waals surface area contributed by atoms with Crippen molar-refractivity contribution in [2.24, 2.45) is 0 Å². The number of hydrogen-bond acceptors (Lipinski definition) is 0. The maximum absolute atomic E-state index is 2.48. The largest absolute Gasteiger partial charge is 0.0775 e. The molecule has 1 spiro atoms. The molecule has 4 rings (SSSR count). The fourth-order valence-electron chi connectivity index (χ4n) is 3.95. The van der Waals surface area contributed by atoms with E-state index in [1.54, 1.807) is 22.3 Å². The summed E-state index contributed by atoms with van der Waals surface area (Å²) in [7, 11) is -0.934. The SMILES string of the molecule is C1=C2C[Si]3(CC2=CC1)CC1=CCC=C1C3. The molecule has 0 aromatic carbocycles. The molecule has 0 bridgehead atoms. The van der Waals surface area contributed by atoms with E-state index < -0.39 is 8.07 Å². The number of rotatable bonds is 0. The Kier molecular flexibility index (Phi) is 1.47. The highest BCUT2D eigenvalue weighted by Crippen LogP contribution is 2.54. The van der Waals surface area contributed by atoms with E-state index in [1.807, 2.05) is 0 Å². The van der Waals surface area contributed by atoms with Gasteiger partial charge in [-0.3, -0.25) is 0 Å². The van der Waals surface area contributed by atoms with E-state index in [0.717, 1.165) is 0 Å². The van der Waals surface area contributed by atoms with Crippen molar-refractivity contribution < 1.29 is 0 Å². The summed E-state index contributed by atoms with van der Waals surface area (Å²) in [6.45, 7) is 0. The molecule has 76 valence electrons. The van der Waals surface area contributed by atoms with E-state index in [4.69, 9.17) is 0 Å². The molecule has 2 heterocycles. The minimum atomic E-state index is -0.934. The summed E-state index contributed by atoms with van der Waals surface area (Å²) in [6.07, 6.45) is 12.4. The maximum atomic E-state index is 2.48. The molecule has 15 heavy (non-hydrogen) atoms. The van der Waals surface area contributed by atoms with E-state index in [0.29, 0.717) is 0 Å². The van der Waals surface area contributed by atoms with Crippen molar-refractivity contribution in [1.29, 1.82) is 0 Å². The van der Waals surface area contributed by atoms with Crippen LogP contribution in [0.2, 0.25) is 24.2 Å². The quantitative estimate of drug-likeness (QED) is 0.533. The van der Waals surface area contributed by atoms with Crippen molar-refractivity contribution in [3.8, 4) is 0 Å². The Bertz CT molecular complexity index is 372. The number of hydrogen-bond donors (Lipinski definition) is 0. The lowest BCUT2D eigenvalue weighted by Gasteiger charge is -2.18. The Morgan fingerprint density at radius 2 is 0.933 bits per heavy atom. The van der Waals surface area contributed by atoms with Crippen LogP contribution >= 0.6 is 0 Å². The molecule has 2 aliphatic carbocycles. The molecule has 0 unspecified atom stereocenters. The molecule has 2 aliphatic heterocycles. The third-order valence-corrected chi connectivity index (χ3v) is 9.07. The zero-order valence-corrected chi connectivity index (χ0v) is 10.1. The summed E-state index contributed by atoms with van der Waals surface area (Å²) >= 11 is 0. The van der Waals surface area contributed by atoms with Gasteiger partial charge in [0, 0.05) is 0 Å². The highest BCUT2D eigenvalue weighted by atomic mass is 28.3. The predicted octanol–water partition coefficient (Wildman–Crippen LogP) is 3.98. The Hall–Kier alpha value is -0.823. The zero-order valence-electron chi connectivity index (χ0n) is 9.05. The van der Waals surface area contributed by atoms with E-state index in [9.17, 15) is 0 Å². The van der Waals surface area contributed by atoms with Crippen LogP contribution in [-0.4, -0.2) is 8.07 Å². The Labute approximate surface area is 92.1 Å². The van der Waals surface area contributed by atoms with Gasteiger partial charge in [0.05, 0.1) is 8.07 Å². The van der Waals surface area contributed by atoms with Gasteiger partial charge in [0.2, 0.25) is 0 Å². The van der Waals surface area contributed by atoms with Gasteiger partial charge in [-0.15, -0.1) is 0 Å². The number of fused-ring (bicyclic) bond motifs is 2. The third-order valence-electron chi connectivity index (χ3n) is 4.54. The normalized spacial score (nSPS) is 29.9. The molecular weight excluding hydrogens is 196 g/mol. The Morgan fingerprint density at radius 3 is 1.27 bits per heavy atom. The lowest BCUT2D eigenvalue weighted by atomic mass is 10.2. The molecule has 0 nitrogen and oxygen atoms in total. The minimum absolute atomic E-state index is 0.934. The van der Waals surface area contributed by atoms with E-state index in [2.05, 4.69) is 24.3 Å². The minimum Gasteiger partial charge on any atom is -0.0775 e. The smallest absolute Gasteiger partial charge is 0.0710 e. The molecule has 0 radical (unpaired) electrons. The summed E-state index contributed by atoms with van der Waals surface area (Å²) in [4.78, 5) is 0. The first-order chi connectivity index (χ1) is 7.35. The van der Waals surface area contributed by atoms with Gasteiger partial charge in [-0.2, -0.15) is 0 Å². The van der Waals surface area contributed by atoms with Crippen LogP contribution in [0.15, 0.2) is 46.6 Å². The highest BCUT2D eigenvalue weighted by molar-refractivity contribution is 6.84. The molecule has 0 aromatic heterocycles. The third kappa shape index (κ3) is 1.07. The van der Waals surface area contributed by atoms with Crippen LogP contribution in [-0.2, 0) is 0 Å². The van der Waals surface area contributed by atoms with Crippen molar-refractivity contribution >= 4 is 8.07 Å². The van der Waals surface area contributed by atoms with Gasteiger partial charge in [-0.25, -0.2) is 0 Å². The Morgan fingerprint density at radius 1 is 0.600 bits per heavy atom. The van der Waals surface area contributed by atoms with Gasteiger partial charge < -0.3 is 0 Å². The van der Waals surface area contributed by atoms with Crippen LogP contribution in [0.25, 0.3) is 0 Å². The molecule has 4 aliphatic rings. The van der Waals surface area contributed by atoms with Gasteiger partial charge in [0.15, 0.2) is 0 Å². The van der Waals surface area contributed by atoms with Crippen LogP contribution in [0.4, 0.5) is 0 Å². The van der Waals surface area contributed by atoms with Gasteiger partial charge in [0.25, 0.3) is 0 Å². The van der Waals surface area contributed by atoms with Crippen molar-refractivity contribution in [3.63, 3.8) is 0 Å². The molecule has 0 saturated carbocycles. The van der Waals surface area contributed by atoms with Crippen molar-refractivity contribution in [2.45, 2.75) is 37.0 Å². The van der Waals surface area contributed by atoms with Crippen LogP contribution in [0.1, 0.15) is 12.8 Å². The van der Waals surface area contributed by atoms with Crippen molar-refractivity contribution in [2.75, 3.05) is 0 Å². The summed E-state index contributed by atoms with van der Waals surface area (Å²) in [5, 5.41) is 0. The van der Waals surface area contributed by atoms with Crippen molar-refractivity contribution in [1.82, 2.24) is 0 Å². The van der Waals surface area contributed by atoms with E-state index >= 15 is 0 Å². The summed E-state index contributed by atoms with van der Waals surface area (Å²) in [6, 6.07) is 5.97. The lowest BCUT2D eigenvalue weighted by Crippen LogP contribution is -2.25. The van der Waals surface area contributed by atoms with Gasteiger partial charge in [-0.1, -0.05) is 46.6 Å². The first kappa shape index (κ1) is 8.34. The fraction of sp³-hybridized carbons (Fsp3) is 0.429. The monoisotopic (exact) mass is 212 g/mol. The number of allylic oxidation sites excluding steroid dienone is 8. The summed E-state index contributed by atoms with van der Waals surface area (Å²) < 4.78 is 0. The topological polar surface area (TPSA) is 0 Å². The molecule has 0 N–H and O–H groups in total. The first-order valence-corrected chi connectivity index (χ1v) is 8.94. The van der Waals surface area contributed by atoms with Gasteiger partial charge in [0.1, 0.15) is 0 Å². The second kappa shape index (κ2) is 2.65. The molecular formula is C14H16Si. The molecule has 0 atom stereocenters. The zero-order chi connectivity index (χ0) is 9.88. The average molecular weight is 212 g/mol. The van der Waals surface area contributed by atoms with E-state index in [-0.39, 0.29) is 0 Å². The summed E-state index contributed by atoms with van der Waals surface area (Å²) in [5.41, 5.74) is 6.95. The van der Waals surface area contributed by atoms with Crippen molar-refractivity contribution in [3.05, 3.63) is 46.6 Å².